The number of hydrogen-bond acceptors (Lipinski definition) is 3. The van der Waals surface area contributed by atoms with Crippen LogP contribution in [0.25, 0.3) is 0 Å². The third-order valence-electron chi connectivity index (χ3n) is 3.16. The fourth-order valence-corrected chi connectivity index (χ4v) is 1.89. The van der Waals surface area contributed by atoms with Crippen LogP contribution < -0.4 is 15.8 Å². The molecule has 1 rings (SSSR count). The van der Waals surface area contributed by atoms with Crippen LogP contribution in [0.2, 0.25) is 0 Å². The van der Waals surface area contributed by atoms with Gasteiger partial charge in [-0.05, 0) is 31.9 Å². The molecule has 0 bridgehead atoms. The molecule has 0 radical (unpaired) electrons. The van der Waals surface area contributed by atoms with Gasteiger partial charge < -0.3 is 15.8 Å². The molecule has 1 aromatic carbocycles. The van der Waals surface area contributed by atoms with Gasteiger partial charge in [0.05, 0.1) is 7.11 Å². The number of ether oxygens (including phenoxy) is 1. The first-order valence-electron chi connectivity index (χ1n) is 6.84. The van der Waals surface area contributed by atoms with Gasteiger partial charge in [-0.25, -0.2) is 4.39 Å². The lowest BCUT2D eigenvalue weighted by Gasteiger charge is -2.13. The third kappa shape index (κ3) is 5.17. The van der Waals surface area contributed by atoms with E-state index >= 15 is 0 Å². The highest BCUT2D eigenvalue weighted by atomic mass is 19.1. The van der Waals surface area contributed by atoms with Crippen LogP contribution in [0.4, 0.5) is 10.1 Å². The van der Waals surface area contributed by atoms with E-state index in [4.69, 9.17) is 10.5 Å². The Hall–Kier alpha value is -1.62. The van der Waals surface area contributed by atoms with Crippen molar-refractivity contribution in [3.63, 3.8) is 0 Å². The molecule has 0 aromatic heterocycles. The van der Waals surface area contributed by atoms with Gasteiger partial charge in [-0.15, -0.1) is 0 Å². The van der Waals surface area contributed by atoms with Crippen molar-refractivity contribution >= 4 is 11.6 Å². The van der Waals surface area contributed by atoms with Gasteiger partial charge >= 0.3 is 0 Å². The standard InChI is InChI=1S/C15H23FN2O2/c1-10(5-4-6-11(2)17)15(19)18-12-7-8-14(20-3)13(16)9-12/h7-11H,4-6,17H2,1-3H3,(H,18,19). The Morgan fingerprint density at radius 3 is 2.65 bits per heavy atom. The molecule has 112 valence electrons. The van der Waals surface area contributed by atoms with Gasteiger partial charge in [-0.3, -0.25) is 4.79 Å². The quantitative estimate of drug-likeness (QED) is 0.808. The van der Waals surface area contributed by atoms with Crippen molar-refractivity contribution < 1.29 is 13.9 Å². The zero-order valence-electron chi connectivity index (χ0n) is 12.3. The van der Waals surface area contributed by atoms with Crippen molar-refractivity contribution in [1.29, 1.82) is 0 Å². The normalized spacial score (nSPS) is 13.7. The maximum Gasteiger partial charge on any atom is 0.227 e. The number of nitrogens with two attached hydrogens (primary N) is 1. The molecule has 0 heterocycles. The number of benzene rings is 1. The summed E-state index contributed by atoms with van der Waals surface area (Å²) in [4.78, 5) is 12.0. The van der Waals surface area contributed by atoms with Crippen molar-refractivity contribution in [1.82, 2.24) is 0 Å². The van der Waals surface area contributed by atoms with Crippen LogP contribution in [0.1, 0.15) is 33.1 Å². The smallest absolute Gasteiger partial charge is 0.227 e. The summed E-state index contributed by atoms with van der Waals surface area (Å²) in [5.41, 5.74) is 6.11. The van der Waals surface area contributed by atoms with Crippen molar-refractivity contribution in [2.24, 2.45) is 11.7 Å². The second-order valence-electron chi connectivity index (χ2n) is 5.15. The van der Waals surface area contributed by atoms with E-state index < -0.39 is 5.82 Å². The van der Waals surface area contributed by atoms with E-state index in [9.17, 15) is 9.18 Å². The molecule has 1 aromatic rings. The zero-order chi connectivity index (χ0) is 15.1. The topological polar surface area (TPSA) is 64.3 Å². The average Bonchev–Trinajstić information content (AvgIpc) is 2.38. The number of hydrogen-bond donors (Lipinski definition) is 2. The first-order valence-corrected chi connectivity index (χ1v) is 6.84. The Morgan fingerprint density at radius 1 is 1.40 bits per heavy atom. The van der Waals surface area contributed by atoms with Crippen LogP contribution in [-0.4, -0.2) is 19.1 Å². The molecule has 3 N–H and O–H groups in total. The molecule has 0 spiro atoms. The molecule has 0 aliphatic carbocycles. The first kappa shape index (κ1) is 16.4. The lowest BCUT2D eigenvalue weighted by molar-refractivity contribution is -0.119. The molecule has 0 aliphatic heterocycles. The molecular weight excluding hydrogens is 259 g/mol. The largest absolute Gasteiger partial charge is 0.494 e. The summed E-state index contributed by atoms with van der Waals surface area (Å²) in [6.07, 6.45) is 2.57. The summed E-state index contributed by atoms with van der Waals surface area (Å²) in [6.45, 7) is 3.81. The maximum absolute atomic E-state index is 13.5. The number of halogens is 1. The highest BCUT2D eigenvalue weighted by Gasteiger charge is 2.14. The Labute approximate surface area is 119 Å². The monoisotopic (exact) mass is 282 g/mol. The van der Waals surface area contributed by atoms with E-state index in [0.29, 0.717) is 5.69 Å². The van der Waals surface area contributed by atoms with Crippen LogP contribution in [-0.2, 0) is 4.79 Å². The summed E-state index contributed by atoms with van der Waals surface area (Å²) in [6, 6.07) is 4.52. The number of anilines is 1. The zero-order valence-corrected chi connectivity index (χ0v) is 12.3. The second kappa shape index (κ2) is 7.85. The van der Waals surface area contributed by atoms with Crippen LogP contribution in [0.15, 0.2) is 18.2 Å². The fourth-order valence-electron chi connectivity index (χ4n) is 1.89. The summed E-state index contributed by atoms with van der Waals surface area (Å²) in [5.74, 6) is -0.568. The van der Waals surface area contributed by atoms with Crippen molar-refractivity contribution in [3.05, 3.63) is 24.0 Å². The Balaban J connectivity index is 2.50. The minimum absolute atomic E-state index is 0.112. The van der Waals surface area contributed by atoms with E-state index in [1.165, 1.54) is 19.2 Å². The second-order valence-corrected chi connectivity index (χ2v) is 5.15. The number of methoxy groups -OCH3 is 1. The number of carbonyl (C=O) groups is 1. The first-order chi connectivity index (χ1) is 9.43. The van der Waals surface area contributed by atoms with Crippen LogP contribution in [0, 0.1) is 11.7 Å². The maximum atomic E-state index is 13.5. The van der Waals surface area contributed by atoms with Gasteiger partial charge in [-0.2, -0.15) is 0 Å². The molecule has 0 aliphatic rings. The number of rotatable bonds is 7. The predicted molar refractivity (Wildman–Crippen MR) is 78.2 cm³/mol. The number of carbonyl (C=O) groups excluding carboxylic acids is 1. The van der Waals surface area contributed by atoms with Crippen LogP contribution >= 0.6 is 0 Å². The Morgan fingerprint density at radius 2 is 2.10 bits per heavy atom. The molecule has 1 amide bonds. The van der Waals surface area contributed by atoms with E-state index in [1.807, 2.05) is 13.8 Å². The van der Waals surface area contributed by atoms with Gasteiger partial charge in [-0.1, -0.05) is 13.3 Å². The lowest BCUT2D eigenvalue weighted by Crippen LogP contribution is -2.21. The highest BCUT2D eigenvalue weighted by Crippen LogP contribution is 2.21. The highest BCUT2D eigenvalue weighted by molar-refractivity contribution is 5.92. The van der Waals surface area contributed by atoms with Crippen LogP contribution in [0.5, 0.6) is 5.75 Å². The van der Waals surface area contributed by atoms with Gasteiger partial charge in [0, 0.05) is 23.7 Å². The average molecular weight is 282 g/mol. The Bertz CT molecular complexity index is 449. The number of nitrogens with one attached hydrogen (secondary N) is 1. The van der Waals surface area contributed by atoms with Gasteiger partial charge in [0.1, 0.15) is 0 Å². The third-order valence-corrected chi connectivity index (χ3v) is 3.16. The molecule has 2 atom stereocenters. The molecule has 4 nitrogen and oxygen atoms in total. The van der Waals surface area contributed by atoms with Crippen LogP contribution in [0.3, 0.4) is 0 Å². The summed E-state index contributed by atoms with van der Waals surface area (Å²) in [7, 11) is 1.40. The lowest BCUT2D eigenvalue weighted by atomic mass is 10.0. The SMILES string of the molecule is COc1ccc(NC(=O)C(C)CCCC(C)N)cc1F. The minimum atomic E-state index is -0.491. The van der Waals surface area contributed by atoms with E-state index in [-0.39, 0.29) is 23.6 Å². The Kier molecular flexibility index (Phi) is 6.45. The van der Waals surface area contributed by atoms with Crippen molar-refractivity contribution in [2.45, 2.75) is 39.2 Å². The molecular formula is C15H23FN2O2. The minimum Gasteiger partial charge on any atom is -0.494 e. The fraction of sp³-hybridized carbons (Fsp3) is 0.533. The van der Waals surface area contributed by atoms with Gasteiger partial charge in [0.15, 0.2) is 11.6 Å². The van der Waals surface area contributed by atoms with E-state index in [1.54, 1.807) is 6.07 Å². The molecule has 5 heteroatoms. The number of amides is 1. The summed E-state index contributed by atoms with van der Waals surface area (Å²) < 4.78 is 18.3. The van der Waals surface area contributed by atoms with Gasteiger partial charge in [0.25, 0.3) is 0 Å². The van der Waals surface area contributed by atoms with E-state index in [0.717, 1.165) is 19.3 Å². The molecule has 20 heavy (non-hydrogen) atoms. The van der Waals surface area contributed by atoms with E-state index in [2.05, 4.69) is 5.32 Å². The predicted octanol–water partition coefficient (Wildman–Crippen LogP) is 2.93. The molecule has 2 unspecified atom stereocenters. The molecule has 0 saturated carbocycles. The molecule has 0 saturated heterocycles. The summed E-state index contributed by atoms with van der Waals surface area (Å²) >= 11 is 0. The van der Waals surface area contributed by atoms with Crippen molar-refractivity contribution in [2.75, 3.05) is 12.4 Å². The van der Waals surface area contributed by atoms with Gasteiger partial charge in [0.2, 0.25) is 5.91 Å². The molecule has 0 fully saturated rings. The van der Waals surface area contributed by atoms with Crippen molar-refractivity contribution in [3.8, 4) is 5.75 Å². The summed E-state index contributed by atoms with van der Waals surface area (Å²) in [5, 5.41) is 2.71.